The summed E-state index contributed by atoms with van der Waals surface area (Å²) < 4.78 is 10.4. The summed E-state index contributed by atoms with van der Waals surface area (Å²) in [6.45, 7) is 8.14. The van der Waals surface area contributed by atoms with Gasteiger partial charge in [0.1, 0.15) is 0 Å². The number of hydrogen-bond donors (Lipinski definition) is 0. The third-order valence-electron chi connectivity index (χ3n) is 1.19. The van der Waals surface area contributed by atoms with E-state index in [1.54, 1.807) is 0 Å². The molecule has 0 aliphatic carbocycles. The van der Waals surface area contributed by atoms with E-state index in [2.05, 4.69) is 6.58 Å². The predicted octanol–water partition coefficient (Wildman–Crippen LogP) is 0.999. The highest BCUT2D eigenvalue weighted by molar-refractivity contribution is 6.95. The van der Waals surface area contributed by atoms with Crippen molar-refractivity contribution in [3.05, 3.63) is 12.3 Å². The zero-order valence-electron chi connectivity index (χ0n) is 7.00. The lowest BCUT2D eigenvalue weighted by atomic mass is 10.9. The molecule has 0 bridgehead atoms. The zero-order valence-corrected chi connectivity index (χ0v) is 8.00. The summed E-state index contributed by atoms with van der Waals surface area (Å²) in [6, 6.07) is 0. The molecule has 64 valence electrons. The molecule has 0 N–H and O–H groups in total. The second kappa shape index (κ2) is 5.23. The minimum Gasteiger partial charge on any atom is -0.387 e. The summed E-state index contributed by atoms with van der Waals surface area (Å²) >= 11 is 0. The fourth-order valence-corrected chi connectivity index (χ4v) is 2.18. The van der Waals surface area contributed by atoms with E-state index in [1.807, 2.05) is 13.8 Å². The smallest absolute Gasteiger partial charge is 0.387 e. The van der Waals surface area contributed by atoms with Crippen LogP contribution in [-0.2, 0) is 13.6 Å². The van der Waals surface area contributed by atoms with Crippen LogP contribution in [-0.4, -0.2) is 27.7 Å². The normalized spacial score (nSPS) is 11.1. The Morgan fingerprint density at radius 3 is 2.00 bits per heavy atom. The maximum Gasteiger partial charge on any atom is 0.432 e. The molecule has 0 aromatic rings. The number of carbonyl (C=O) groups is 1. The SMILES string of the molecule is C=C[Si](C=O)(OCC)OCC. The average Bonchev–Trinajstić information content (AvgIpc) is 2.04. The maximum atomic E-state index is 10.6. The third-order valence-corrected chi connectivity index (χ3v) is 3.57. The molecule has 0 saturated carbocycles. The van der Waals surface area contributed by atoms with Crippen LogP contribution in [0.15, 0.2) is 12.3 Å². The summed E-state index contributed by atoms with van der Waals surface area (Å²) in [5.74, 6) is 0.743. The molecule has 0 aromatic carbocycles. The maximum absolute atomic E-state index is 10.6. The van der Waals surface area contributed by atoms with Gasteiger partial charge < -0.3 is 13.6 Å². The quantitative estimate of drug-likeness (QED) is 0.445. The van der Waals surface area contributed by atoms with E-state index >= 15 is 0 Å². The van der Waals surface area contributed by atoms with Crippen LogP contribution in [0.3, 0.4) is 0 Å². The van der Waals surface area contributed by atoms with Crippen molar-refractivity contribution >= 4 is 14.5 Å². The lowest BCUT2D eigenvalue weighted by molar-refractivity contribution is 0.209. The second-order valence-corrected chi connectivity index (χ2v) is 4.57. The Morgan fingerprint density at radius 2 is 1.82 bits per heavy atom. The molecular weight excluding hydrogens is 160 g/mol. The van der Waals surface area contributed by atoms with Crippen LogP contribution in [0.4, 0.5) is 0 Å². The Morgan fingerprint density at radius 1 is 1.36 bits per heavy atom. The first-order valence-electron chi connectivity index (χ1n) is 3.62. The van der Waals surface area contributed by atoms with Gasteiger partial charge in [-0.1, -0.05) is 0 Å². The fraction of sp³-hybridized carbons (Fsp3) is 0.571. The Balaban J connectivity index is 4.18. The molecule has 0 saturated heterocycles. The van der Waals surface area contributed by atoms with Gasteiger partial charge in [-0.2, -0.15) is 0 Å². The Hall–Kier alpha value is -0.453. The van der Waals surface area contributed by atoms with E-state index in [0.29, 0.717) is 13.2 Å². The third kappa shape index (κ3) is 2.96. The minimum absolute atomic E-state index is 0.483. The molecule has 0 spiro atoms. The molecule has 0 radical (unpaired) electrons. The van der Waals surface area contributed by atoms with E-state index in [4.69, 9.17) is 8.85 Å². The second-order valence-electron chi connectivity index (χ2n) is 1.91. The molecule has 3 nitrogen and oxygen atoms in total. The summed E-state index contributed by atoms with van der Waals surface area (Å²) in [7, 11) is -2.66. The van der Waals surface area contributed by atoms with Crippen molar-refractivity contribution < 1.29 is 13.6 Å². The van der Waals surface area contributed by atoms with E-state index < -0.39 is 8.56 Å². The molecule has 0 aromatic heterocycles. The van der Waals surface area contributed by atoms with Crippen LogP contribution in [0.1, 0.15) is 13.8 Å². The highest BCUT2D eigenvalue weighted by Crippen LogP contribution is 2.04. The highest BCUT2D eigenvalue weighted by atomic mass is 28.4. The first-order valence-corrected chi connectivity index (χ1v) is 5.59. The van der Waals surface area contributed by atoms with Crippen molar-refractivity contribution in [3.8, 4) is 0 Å². The van der Waals surface area contributed by atoms with Gasteiger partial charge in [-0.25, -0.2) is 0 Å². The first-order chi connectivity index (χ1) is 5.24. The Labute approximate surface area is 68.3 Å². The molecule has 11 heavy (non-hydrogen) atoms. The summed E-state index contributed by atoms with van der Waals surface area (Å²) in [4.78, 5) is 10.6. The van der Waals surface area contributed by atoms with Crippen molar-refractivity contribution in [2.45, 2.75) is 13.8 Å². The minimum atomic E-state index is -2.66. The number of carbonyl (C=O) groups excluding carboxylic acids is 1. The van der Waals surface area contributed by atoms with Gasteiger partial charge in [-0.05, 0) is 19.5 Å². The molecule has 0 aliphatic heterocycles. The Kier molecular flexibility index (Phi) is 5.02. The van der Waals surface area contributed by atoms with E-state index in [9.17, 15) is 4.79 Å². The van der Waals surface area contributed by atoms with Gasteiger partial charge in [-0.15, -0.1) is 6.58 Å². The van der Waals surface area contributed by atoms with Crippen LogP contribution in [0.25, 0.3) is 0 Å². The van der Waals surface area contributed by atoms with Crippen LogP contribution in [0.2, 0.25) is 0 Å². The van der Waals surface area contributed by atoms with Gasteiger partial charge in [0.05, 0.1) is 0 Å². The van der Waals surface area contributed by atoms with Crippen LogP contribution in [0, 0.1) is 0 Å². The molecule has 0 fully saturated rings. The van der Waals surface area contributed by atoms with Crippen molar-refractivity contribution in [2.24, 2.45) is 0 Å². The van der Waals surface area contributed by atoms with Gasteiger partial charge in [0.25, 0.3) is 0 Å². The van der Waals surface area contributed by atoms with Crippen molar-refractivity contribution in [3.63, 3.8) is 0 Å². The average molecular weight is 174 g/mol. The predicted molar refractivity (Wildman–Crippen MR) is 46.0 cm³/mol. The van der Waals surface area contributed by atoms with Gasteiger partial charge in [0, 0.05) is 13.2 Å². The van der Waals surface area contributed by atoms with E-state index in [0.717, 1.165) is 5.91 Å². The molecule has 0 heterocycles. The van der Waals surface area contributed by atoms with Gasteiger partial charge in [-0.3, -0.25) is 0 Å². The van der Waals surface area contributed by atoms with Gasteiger partial charge in [0.15, 0.2) is 5.91 Å². The molecule has 0 unspecified atom stereocenters. The zero-order chi connectivity index (χ0) is 8.74. The standard InChI is InChI=1S/C7H14O3Si/c1-4-9-11(6-3,7-8)10-5-2/h6-7H,3-5H2,1-2H3. The van der Waals surface area contributed by atoms with Gasteiger partial charge >= 0.3 is 8.56 Å². The summed E-state index contributed by atoms with van der Waals surface area (Å²) in [5.41, 5.74) is 1.49. The Bertz CT molecular complexity index is 120. The molecule has 0 amide bonds. The van der Waals surface area contributed by atoms with Crippen LogP contribution in [0.5, 0.6) is 0 Å². The largest absolute Gasteiger partial charge is 0.432 e. The lowest BCUT2D eigenvalue weighted by Crippen LogP contribution is -2.42. The van der Waals surface area contributed by atoms with Crippen molar-refractivity contribution in [2.75, 3.05) is 13.2 Å². The molecule has 4 heteroatoms. The first kappa shape index (κ1) is 10.5. The van der Waals surface area contributed by atoms with Gasteiger partial charge in [0.2, 0.25) is 0 Å². The van der Waals surface area contributed by atoms with Crippen molar-refractivity contribution in [1.29, 1.82) is 0 Å². The molecule has 0 atom stereocenters. The lowest BCUT2D eigenvalue weighted by Gasteiger charge is -2.19. The van der Waals surface area contributed by atoms with Crippen LogP contribution >= 0.6 is 0 Å². The monoisotopic (exact) mass is 174 g/mol. The highest BCUT2D eigenvalue weighted by Gasteiger charge is 2.33. The molecular formula is C7H14O3Si. The van der Waals surface area contributed by atoms with E-state index in [-0.39, 0.29) is 0 Å². The van der Waals surface area contributed by atoms with Crippen LogP contribution < -0.4 is 0 Å². The summed E-state index contributed by atoms with van der Waals surface area (Å²) in [5, 5.41) is 0. The van der Waals surface area contributed by atoms with Crippen molar-refractivity contribution in [1.82, 2.24) is 0 Å². The topological polar surface area (TPSA) is 35.5 Å². The number of hydrogen-bond acceptors (Lipinski definition) is 3. The van der Waals surface area contributed by atoms with E-state index in [1.165, 1.54) is 5.70 Å². The summed E-state index contributed by atoms with van der Waals surface area (Å²) in [6.07, 6.45) is 0. The number of rotatable bonds is 6. The molecule has 0 rings (SSSR count). The molecule has 0 aliphatic rings. The fourth-order valence-electron chi connectivity index (χ4n) is 0.727.